The van der Waals surface area contributed by atoms with Crippen LogP contribution >= 0.6 is 11.6 Å². The van der Waals surface area contributed by atoms with Crippen LogP contribution in [0.15, 0.2) is 24.3 Å². The van der Waals surface area contributed by atoms with Crippen LogP contribution in [0.2, 0.25) is 5.15 Å². The van der Waals surface area contributed by atoms with E-state index in [-0.39, 0.29) is 22.8 Å². The fourth-order valence-corrected chi connectivity index (χ4v) is 1.90. The quantitative estimate of drug-likeness (QED) is 0.828. The van der Waals surface area contributed by atoms with Crippen molar-refractivity contribution in [3.63, 3.8) is 0 Å². The van der Waals surface area contributed by atoms with Gasteiger partial charge in [-0.05, 0) is 43.7 Å². The van der Waals surface area contributed by atoms with Crippen LogP contribution in [0.1, 0.15) is 21.6 Å². The average molecular weight is 278 g/mol. The van der Waals surface area contributed by atoms with Gasteiger partial charge in [0, 0.05) is 11.3 Å². The van der Waals surface area contributed by atoms with Crippen LogP contribution in [0.5, 0.6) is 5.75 Å². The molecule has 0 unspecified atom stereocenters. The van der Waals surface area contributed by atoms with Gasteiger partial charge < -0.3 is 5.11 Å². The number of phenolic OH excluding ortho intramolecular Hbond substituents is 1. The Morgan fingerprint density at radius 1 is 1.26 bits per heavy atom. The number of carbonyl (C=O) groups is 1. The second-order valence-corrected chi connectivity index (χ2v) is 4.50. The minimum absolute atomic E-state index is 0.115. The SMILES string of the molecule is Cc1cc(Cl)nc(NC(=O)c2ccc(O)cc2C)n1. The van der Waals surface area contributed by atoms with E-state index in [0.29, 0.717) is 16.8 Å². The second-order valence-electron chi connectivity index (χ2n) is 4.11. The van der Waals surface area contributed by atoms with Crippen molar-refractivity contribution in [1.29, 1.82) is 0 Å². The Hall–Kier alpha value is -2.14. The maximum atomic E-state index is 12.1. The Bertz CT molecular complexity index is 624. The molecule has 2 N–H and O–H groups in total. The summed E-state index contributed by atoms with van der Waals surface area (Å²) in [6.45, 7) is 3.49. The first-order valence-corrected chi connectivity index (χ1v) is 5.95. The van der Waals surface area contributed by atoms with Crippen LogP contribution in [0.25, 0.3) is 0 Å². The van der Waals surface area contributed by atoms with E-state index in [1.54, 1.807) is 19.9 Å². The molecule has 0 atom stereocenters. The van der Waals surface area contributed by atoms with E-state index in [1.165, 1.54) is 18.2 Å². The molecule has 0 bridgehead atoms. The first kappa shape index (κ1) is 13.3. The minimum atomic E-state index is -0.348. The van der Waals surface area contributed by atoms with Gasteiger partial charge in [0.25, 0.3) is 5.91 Å². The Labute approximate surface area is 115 Å². The summed E-state index contributed by atoms with van der Waals surface area (Å²) in [6, 6.07) is 6.10. The molecule has 0 fully saturated rings. The molecular weight excluding hydrogens is 266 g/mol. The van der Waals surface area contributed by atoms with Crippen molar-refractivity contribution in [2.45, 2.75) is 13.8 Å². The van der Waals surface area contributed by atoms with Gasteiger partial charge in [-0.2, -0.15) is 0 Å². The molecule has 1 amide bonds. The van der Waals surface area contributed by atoms with Gasteiger partial charge >= 0.3 is 0 Å². The summed E-state index contributed by atoms with van der Waals surface area (Å²) in [4.78, 5) is 20.0. The Morgan fingerprint density at radius 2 is 2.00 bits per heavy atom. The van der Waals surface area contributed by atoms with Gasteiger partial charge in [-0.3, -0.25) is 10.1 Å². The third-order valence-electron chi connectivity index (χ3n) is 2.50. The molecule has 1 aromatic carbocycles. The lowest BCUT2D eigenvalue weighted by Crippen LogP contribution is -2.15. The number of aromatic hydroxyl groups is 1. The zero-order valence-corrected chi connectivity index (χ0v) is 11.2. The predicted octanol–water partition coefficient (Wildman–Crippen LogP) is 2.70. The number of hydrogen-bond donors (Lipinski definition) is 2. The highest BCUT2D eigenvalue weighted by atomic mass is 35.5. The smallest absolute Gasteiger partial charge is 0.258 e. The van der Waals surface area contributed by atoms with Crippen molar-refractivity contribution in [2.75, 3.05) is 5.32 Å². The predicted molar refractivity (Wildman–Crippen MR) is 72.6 cm³/mol. The van der Waals surface area contributed by atoms with Crippen molar-refractivity contribution >= 4 is 23.5 Å². The molecule has 6 heteroatoms. The monoisotopic (exact) mass is 277 g/mol. The fraction of sp³-hybridized carbons (Fsp3) is 0.154. The highest BCUT2D eigenvalue weighted by Crippen LogP contribution is 2.17. The highest BCUT2D eigenvalue weighted by molar-refractivity contribution is 6.29. The average Bonchev–Trinajstić information content (AvgIpc) is 2.26. The summed E-state index contributed by atoms with van der Waals surface area (Å²) < 4.78 is 0. The standard InChI is InChI=1S/C13H12ClN3O2/c1-7-5-9(18)3-4-10(7)12(19)17-13-15-8(2)6-11(14)16-13/h3-6,18H,1-2H3,(H,15,16,17,19). The maximum absolute atomic E-state index is 12.1. The second kappa shape index (κ2) is 5.24. The Kier molecular flexibility index (Phi) is 3.66. The summed E-state index contributed by atoms with van der Waals surface area (Å²) in [5.74, 6) is -0.0782. The molecule has 0 aliphatic heterocycles. The molecule has 0 radical (unpaired) electrons. The first-order valence-electron chi connectivity index (χ1n) is 5.58. The molecule has 5 nitrogen and oxygen atoms in total. The van der Waals surface area contributed by atoms with E-state index < -0.39 is 0 Å². The number of aryl methyl sites for hydroxylation is 2. The van der Waals surface area contributed by atoms with Gasteiger partial charge in [0.05, 0.1) is 0 Å². The topological polar surface area (TPSA) is 75.1 Å². The molecule has 2 rings (SSSR count). The molecule has 0 aliphatic carbocycles. The van der Waals surface area contributed by atoms with Crippen molar-refractivity contribution in [3.05, 3.63) is 46.2 Å². The zero-order valence-electron chi connectivity index (χ0n) is 10.4. The summed E-state index contributed by atoms with van der Waals surface area (Å²) in [5.41, 5.74) is 1.77. The van der Waals surface area contributed by atoms with E-state index in [2.05, 4.69) is 15.3 Å². The van der Waals surface area contributed by atoms with Crippen molar-refractivity contribution < 1.29 is 9.90 Å². The number of hydrogen-bond acceptors (Lipinski definition) is 4. The van der Waals surface area contributed by atoms with Crippen molar-refractivity contribution in [1.82, 2.24) is 9.97 Å². The Balaban J connectivity index is 2.25. The molecule has 1 heterocycles. The summed E-state index contributed by atoms with van der Waals surface area (Å²) in [5, 5.41) is 12.1. The third kappa shape index (κ3) is 3.20. The van der Waals surface area contributed by atoms with Gasteiger partial charge in [0.15, 0.2) is 0 Å². The number of anilines is 1. The third-order valence-corrected chi connectivity index (χ3v) is 2.70. The fourth-order valence-electron chi connectivity index (χ4n) is 1.66. The number of carbonyl (C=O) groups excluding carboxylic acids is 1. The highest BCUT2D eigenvalue weighted by Gasteiger charge is 2.11. The van der Waals surface area contributed by atoms with Gasteiger partial charge in [0.1, 0.15) is 10.9 Å². The van der Waals surface area contributed by atoms with Gasteiger partial charge in [-0.1, -0.05) is 11.6 Å². The summed E-state index contributed by atoms with van der Waals surface area (Å²) in [6.07, 6.45) is 0. The molecule has 0 spiro atoms. The Morgan fingerprint density at radius 3 is 2.63 bits per heavy atom. The van der Waals surface area contributed by atoms with E-state index in [9.17, 15) is 9.90 Å². The van der Waals surface area contributed by atoms with Gasteiger partial charge in [-0.15, -0.1) is 0 Å². The summed E-state index contributed by atoms with van der Waals surface area (Å²) in [7, 11) is 0. The lowest BCUT2D eigenvalue weighted by molar-refractivity contribution is 0.102. The van der Waals surface area contributed by atoms with Crippen LogP contribution in [0.3, 0.4) is 0 Å². The molecule has 0 saturated heterocycles. The van der Waals surface area contributed by atoms with Crippen LogP contribution in [-0.2, 0) is 0 Å². The number of benzene rings is 1. The number of nitrogens with zero attached hydrogens (tertiary/aromatic N) is 2. The largest absolute Gasteiger partial charge is 0.508 e. The molecule has 98 valence electrons. The van der Waals surface area contributed by atoms with E-state index in [4.69, 9.17) is 11.6 Å². The number of nitrogens with one attached hydrogen (secondary N) is 1. The minimum Gasteiger partial charge on any atom is -0.508 e. The van der Waals surface area contributed by atoms with Crippen LogP contribution in [-0.4, -0.2) is 21.0 Å². The number of rotatable bonds is 2. The van der Waals surface area contributed by atoms with E-state index in [1.807, 2.05) is 0 Å². The lowest BCUT2D eigenvalue weighted by atomic mass is 10.1. The number of halogens is 1. The van der Waals surface area contributed by atoms with Gasteiger partial charge in [0.2, 0.25) is 5.95 Å². The van der Waals surface area contributed by atoms with Crippen molar-refractivity contribution in [3.8, 4) is 5.75 Å². The van der Waals surface area contributed by atoms with Crippen LogP contribution in [0, 0.1) is 13.8 Å². The summed E-state index contributed by atoms with van der Waals surface area (Å²) >= 11 is 5.80. The molecule has 0 saturated carbocycles. The maximum Gasteiger partial charge on any atom is 0.258 e. The number of phenols is 1. The molecule has 2 aromatic rings. The zero-order chi connectivity index (χ0) is 14.0. The first-order chi connectivity index (χ1) is 8.95. The lowest BCUT2D eigenvalue weighted by Gasteiger charge is -2.07. The van der Waals surface area contributed by atoms with Gasteiger partial charge in [-0.25, -0.2) is 9.97 Å². The van der Waals surface area contributed by atoms with Crippen LogP contribution in [0.4, 0.5) is 5.95 Å². The molecule has 1 aromatic heterocycles. The molecule has 0 aliphatic rings. The van der Waals surface area contributed by atoms with E-state index in [0.717, 1.165) is 0 Å². The van der Waals surface area contributed by atoms with Crippen molar-refractivity contribution in [2.24, 2.45) is 0 Å². The van der Waals surface area contributed by atoms with E-state index >= 15 is 0 Å². The number of aromatic nitrogens is 2. The molecule has 19 heavy (non-hydrogen) atoms. The normalized spacial score (nSPS) is 10.3. The number of amides is 1. The van der Waals surface area contributed by atoms with Crippen LogP contribution < -0.4 is 5.32 Å². The molecular formula is C13H12ClN3O2.